The Kier molecular flexibility index (Phi) is 7.48. The predicted octanol–water partition coefficient (Wildman–Crippen LogP) is 3.66. The third-order valence-corrected chi connectivity index (χ3v) is 6.75. The molecule has 31 heavy (non-hydrogen) atoms. The van der Waals surface area contributed by atoms with E-state index in [9.17, 15) is 13.2 Å². The SMILES string of the molecule is CC(C)OCc1cccc(NC(=O)c2ccc(S(=O)(=O)N3CC(C)OC(C)C3)cc2)c1. The summed E-state index contributed by atoms with van der Waals surface area (Å²) >= 11 is 0. The van der Waals surface area contributed by atoms with Crippen molar-refractivity contribution in [3.8, 4) is 0 Å². The van der Waals surface area contributed by atoms with Crippen molar-refractivity contribution >= 4 is 21.6 Å². The van der Waals surface area contributed by atoms with Crippen LogP contribution in [0, 0.1) is 0 Å². The normalized spacial score (nSPS) is 20.0. The Morgan fingerprint density at radius 2 is 1.77 bits per heavy atom. The number of carbonyl (C=O) groups is 1. The molecule has 0 spiro atoms. The minimum Gasteiger partial charge on any atom is -0.374 e. The summed E-state index contributed by atoms with van der Waals surface area (Å²) in [6, 6.07) is 13.5. The zero-order valence-electron chi connectivity index (χ0n) is 18.4. The van der Waals surface area contributed by atoms with Gasteiger partial charge in [-0.25, -0.2) is 8.42 Å². The van der Waals surface area contributed by atoms with Gasteiger partial charge in [0.15, 0.2) is 0 Å². The van der Waals surface area contributed by atoms with Gasteiger partial charge in [-0.15, -0.1) is 0 Å². The van der Waals surface area contributed by atoms with Gasteiger partial charge >= 0.3 is 0 Å². The molecule has 0 aliphatic carbocycles. The van der Waals surface area contributed by atoms with Crippen LogP contribution in [-0.2, 0) is 26.1 Å². The molecule has 0 bridgehead atoms. The van der Waals surface area contributed by atoms with Crippen LogP contribution in [0.15, 0.2) is 53.4 Å². The van der Waals surface area contributed by atoms with Crippen molar-refractivity contribution < 1.29 is 22.7 Å². The molecule has 2 aromatic rings. The van der Waals surface area contributed by atoms with E-state index in [1.807, 2.05) is 45.9 Å². The van der Waals surface area contributed by atoms with Crippen molar-refractivity contribution in [3.63, 3.8) is 0 Å². The van der Waals surface area contributed by atoms with E-state index in [1.54, 1.807) is 6.07 Å². The second-order valence-corrected chi connectivity index (χ2v) is 10.1. The summed E-state index contributed by atoms with van der Waals surface area (Å²) in [6.45, 7) is 8.74. The molecule has 1 N–H and O–H groups in total. The number of rotatable bonds is 7. The Hall–Kier alpha value is -2.26. The van der Waals surface area contributed by atoms with Gasteiger partial charge in [0.25, 0.3) is 5.91 Å². The van der Waals surface area contributed by atoms with Crippen LogP contribution in [0.25, 0.3) is 0 Å². The van der Waals surface area contributed by atoms with Crippen LogP contribution in [0.2, 0.25) is 0 Å². The van der Waals surface area contributed by atoms with E-state index in [-0.39, 0.29) is 29.1 Å². The fourth-order valence-corrected chi connectivity index (χ4v) is 5.05. The number of sulfonamides is 1. The first-order chi connectivity index (χ1) is 14.6. The molecule has 1 fully saturated rings. The fourth-order valence-electron chi connectivity index (χ4n) is 3.46. The average Bonchev–Trinajstić information content (AvgIpc) is 2.72. The number of morpholine rings is 1. The van der Waals surface area contributed by atoms with Gasteiger partial charge in [0.2, 0.25) is 10.0 Å². The second-order valence-electron chi connectivity index (χ2n) is 8.12. The number of nitrogens with one attached hydrogen (secondary N) is 1. The number of benzene rings is 2. The third kappa shape index (κ3) is 6.13. The molecular weight excluding hydrogens is 416 g/mol. The number of carbonyl (C=O) groups excluding carboxylic acids is 1. The molecule has 0 radical (unpaired) electrons. The molecule has 1 amide bonds. The molecule has 0 saturated carbocycles. The predicted molar refractivity (Wildman–Crippen MR) is 120 cm³/mol. The van der Waals surface area contributed by atoms with Gasteiger partial charge in [0.1, 0.15) is 0 Å². The van der Waals surface area contributed by atoms with Crippen LogP contribution in [0.3, 0.4) is 0 Å². The first-order valence-corrected chi connectivity index (χ1v) is 11.9. The summed E-state index contributed by atoms with van der Waals surface area (Å²) < 4.78 is 38.6. The van der Waals surface area contributed by atoms with Crippen LogP contribution in [0.1, 0.15) is 43.6 Å². The average molecular weight is 447 g/mol. The Morgan fingerprint density at radius 3 is 2.39 bits per heavy atom. The lowest BCUT2D eigenvalue weighted by Gasteiger charge is -2.34. The summed E-state index contributed by atoms with van der Waals surface area (Å²) in [5.41, 5.74) is 2.00. The molecule has 0 aromatic heterocycles. The lowest BCUT2D eigenvalue weighted by atomic mass is 10.2. The second kappa shape index (κ2) is 9.91. The summed E-state index contributed by atoms with van der Waals surface area (Å²) in [4.78, 5) is 12.8. The van der Waals surface area contributed by atoms with Gasteiger partial charge in [-0.3, -0.25) is 4.79 Å². The standard InChI is InChI=1S/C23H30N2O5S/c1-16(2)29-15-19-6-5-7-21(12-19)24-23(26)20-8-10-22(11-9-20)31(27,28)25-13-17(3)30-18(4)14-25/h5-12,16-18H,13-15H2,1-4H3,(H,24,26). The van der Waals surface area contributed by atoms with E-state index >= 15 is 0 Å². The quantitative estimate of drug-likeness (QED) is 0.702. The number of ether oxygens (including phenoxy) is 2. The third-order valence-electron chi connectivity index (χ3n) is 4.91. The highest BCUT2D eigenvalue weighted by Gasteiger charge is 2.32. The van der Waals surface area contributed by atoms with Gasteiger partial charge in [-0.2, -0.15) is 4.31 Å². The largest absolute Gasteiger partial charge is 0.374 e. The molecule has 7 nitrogen and oxygen atoms in total. The molecule has 3 rings (SSSR count). The van der Waals surface area contributed by atoms with Crippen molar-refractivity contribution in [2.24, 2.45) is 0 Å². The van der Waals surface area contributed by atoms with Crippen molar-refractivity contribution in [1.82, 2.24) is 4.31 Å². The zero-order valence-corrected chi connectivity index (χ0v) is 19.2. The highest BCUT2D eigenvalue weighted by Crippen LogP contribution is 2.22. The maximum atomic E-state index is 13.0. The molecular formula is C23H30N2O5S. The van der Waals surface area contributed by atoms with Gasteiger partial charge in [-0.05, 0) is 69.7 Å². The topological polar surface area (TPSA) is 84.9 Å². The Bertz CT molecular complexity index is 995. The number of anilines is 1. The van der Waals surface area contributed by atoms with E-state index in [4.69, 9.17) is 9.47 Å². The molecule has 1 aliphatic heterocycles. The van der Waals surface area contributed by atoms with Crippen molar-refractivity contribution in [3.05, 3.63) is 59.7 Å². The lowest BCUT2D eigenvalue weighted by molar-refractivity contribution is -0.0440. The number of hydrogen-bond donors (Lipinski definition) is 1. The maximum Gasteiger partial charge on any atom is 0.255 e. The highest BCUT2D eigenvalue weighted by molar-refractivity contribution is 7.89. The summed E-state index contributed by atoms with van der Waals surface area (Å²) in [5.74, 6) is -0.306. The molecule has 2 unspecified atom stereocenters. The summed E-state index contributed by atoms with van der Waals surface area (Å²) in [6.07, 6.45) is -0.201. The minimum absolute atomic E-state index is 0.122. The van der Waals surface area contributed by atoms with Crippen LogP contribution in [0.4, 0.5) is 5.69 Å². The zero-order chi connectivity index (χ0) is 22.6. The molecule has 2 atom stereocenters. The summed E-state index contributed by atoms with van der Waals surface area (Å²) in [5, 5.41) is 2.85. The monoisotopic (exact) mass is 446 g/mol. The molecule has 168 valence electrons. The van der Waals surface area contributed by atoms with Gasteiger partial charge in [0.05, 0.1) is 29.8 Å². The van der Waals surface area contributed by atoms with Crippen molar-refractivity contribution in [1.29, 1.82) is 0 Å². The Balaban J connectivity index is 1.68. The summed E-state index contributed by atoms with van der Waals surface area (Å²) in [7, 11) is -3.64. The van der Waals surface area contributed by atoms with Crippen LogP contribution < -0.4 is 5.32 Å². The highest BCUT2D eigenvalue weighted by atomic mass is 32.2. The molecule has 1 heterocycles. The maximum absolute atomic E-state index is 13.0. The van der Waals surface area contributed by atoms with Crippen LogP contribution >= 0.6 is 0 Å². The number of nitrogens with zero attached hydrogens (tertiary/aromatic N) is 1. The fraction of sp³-hybridized carbons (Fsp3) is 0.435. The van der Waals surface area contributed by atoms with E-state index in [0.29, 0.717) is 30.9 Å². The smallest absolute Gasteiger partial charge is 0.255 e. The van der Waals surface area contributed by atoms with E-state index in [1.165, 1.54) is 28.6 Å². The van der Waals surface area contributed by atoms with Gasteiger partial charge in [-0.1, -0.05) is 12.1 Å². The van der Waals surface area contributed by atoms with Gasteiger partial charge in [0, 0.05) is 24.3 Å². The molecule has 8 heteroatoms. The van der Waals surface area contributed by atoms with Crippen molar-refractivity contribution in [2.45, 2.75) is 57.5 Å². The van der Waals surface area contributed by atoms with E-state index < -0.39 is 10.0 Å². The lowest BCUT2D eigenvalue weighted by Crippen LogP contribution is -2.48. The molecule has 1 saturated heterocycles. The van der Waals surface area contributed by atoms with E-state index in [0.717, 1.165) is 5.56 Å². The van der Waals surface area contributed by atoms with Crippen LogP contribution in [-0.4, -0.2) is 50.0 Å². The molecule has 1 aliphatic rings. The minimum atomic E-state index is -3.64. The van der Waals surface area contributed by atoms with Crippen molar-refractivity contribution in [2.75, 3.05) is 18.4 Å². The molecule has 2 aromatic carbocycles. The Morgan fingerprint density at radius 1 is 1.13 bits per heavy atom. The first kappa shape index (κ1) is 23.4. The Labute approximate surface area is 184 Å². The van der Waals surface area contributed by atoms with Gasteiger partial charge < -0.3 is 14.8 Å². The number of hydrogen-bond acceptors (Lipinski definition) is 5. The number of amides is 1. The van der Waals surface area contributed by atoms with E-state index in [2.05, 4.69) is 5.32 Å². The van der Waals surface area contributed by atoms with Crippen LogP contribution in [0.5, 0.6) is 0 Å². The first-order valence-electron chi connectivity index (χ1n) is 10.4.